The van der Waals surface area contributed by atoms with E-state index < -0.39 is 5.91 Å². The minimum absolute atomic E-state index is 0.289. The van der Waals surface area contributed by atoms with E-state index in [1.54, 1.807) is 29.7 Å². The number of hydrogen-bond acceptors (Lipinski definition) is 5. The number of nitrogens with one attached hydrogen (secondary N) is 1. The Labute approximate surface area is 116 Å². The van der Waals surface area contributed by atoms with Crippen LogP contribution < -0.4 is 16.0 Å². The van der Waals surface area contributed by atoms with Gasteiger partial charge in [0, 0.05) is 23.9 Å². The fraction of sp³-hybridized carbons (Fsp3) is 0.143. The van der Waals surface area contributed by atoms with E-state index in [1.807, 2.05) is 13.0 Å². The van der Waals surface area contributed by atoms with E-state index in [4.69, 9.17) is 15.7 Å². The predicted molar refractivity (Wildman–Crippen MR) is 72.6 cm³/mol. The highest BCUT2D eigenvalue weighted by atomic mass is 16.5. The van der Waals surface area contributed by atoms with Crippen LogP contribution in [0.3, 0.4) is 0 Å². The van der Waals surface area contributed by atoms with Gasteiger partial charge in [-0.15, -0.1) is 0 Å². The first-order valence-electron chi connectivity index (χ1n) is 6.02. The zero-order valence-electron chi connectivity index (χ0n) is 11.0. The number of nitrogens with two attached hydrogens (primary N) is 1. The number of benzene rings is 1. The van der Waals surface area contributed by atoms with E-state index >= 15 is 0 Å². The maximum absolute atomic E-state index is 11.3. The fourth-order valence-electron chi connectivity index (χ4n) is 1.76. The van der Waals surface area contributed by atoms with E-state index in [9.17, 15) is 4.79 Å². The van der Waals surface area contributed by atoms with Crippen molar-refractivity contribution >= 4 is 5.91 Å². The summed E-state index contributed by atoms with van der Waals surface area (Å²) >= 11 is 0. The quantitative estimate of drug-likeness (QED) is 0.582. The van der Waals surface area contributed by atoms with Crippen molar-refractivity contribution < 1.29 is 14.7 Å². The minimum Gasteiger partial charge on any atom is -0.439 e. The van der Waals surface area contributed by atoms with Crippen molar-refractivity contribution in [2.75, 3.05) is 0 Å². The lowest BCUT2D eigenvalue weighted by atomic mass is 10.2. The van der Waals surface area contributed by atoms with Crippen molar-refractivity contribution in [3.63, 3.8) is 0 Å². The van der Waals surface area contributed by atoms with Gasteiger partial charge in [-0.05, 0) is 36.8 Å². The molecule has 0 unspecified atom stereocenters. The van der Waals surface area contributed by atoms with Crippen LogP contribution in [0.25, 0.3) is 0 Å². The number of rotatable bonds is 4. The molecular formula is C14H15N3O3. The monoisotopic (exact) mass is 273 g/mol. The molecule has 0 aliphatic heterocycles. The Morgan fingerprint density at radius 1 is 1.40 bits per heavy atom. The molecule has 0 fully saturated rings. The lowest BCUT2D eigenvalue weighted by Crippen LogP contribution is -2.18. The summed E-state index contributed by atoms with van der Waals surface area (Å²) in [6.07, 6.45) is 0. The van der Waals surface area contributed by atoms with E-state index in [-0.39, 0.29) is 5.56 Å². The molecule has 20 heavy (non-hydrogen) atoms. The molecule has 2 aromatic rings. The van der Waals surface area contributed by atoms with Gasteiger partial charge in [-0.2, -0.15) is 0 Å². The smallest absolute Gasteiger partial charge is 0.274 e. The molecule has 0 saturated heterocycles. The number of ether oxygens (including phenoxy) is 1. The first kappa shape index (κ1) is 14.0. The number of aryl methyl sites for hydroxylation is 1. The van der Waals surface area contributed by atoms with Crippen LogP contribution in [0.1, 0.15) is 21.6 Å². The van der Waals surface area contributed by atoms with E-state index in [0.29, 0.717) is 18.2 Å². The van der Waals surface area contributed by atoms with Gasteiger partial charge in [-0.3, -0.25) is 10.0 Å². The van der Waals surface area contributed by atoms with E-state index in [1.165, 1.54) is 6.07 Å². The van der Waals surface area contributed by atoms with Crippen LogP contribution in [0.2, 0.25) is 0 Å². The Morgan fingerprint density at radius 2 is 2.20 bits per heavy atom. The zero-order chi connectivity index (χ0) is 14.5. The van der Waals surface area contributed by atoms with E-state index in [0.717, 1.165) is 11.3 Å². The molecule has 0 atom stereocenters. The maximum atomic E-state index is 11.3. The molecule has 6 nitrogen and oxygen atoms in total. The molecule has 0 aliphatic rings. The Bertz CT molecular complexity index is 629. The lowest BCUT2D eigenvalue weighted by Gasteiger charge is -2.08. The summed E-state index contributed by atoms with van der Waals surface area (Å²) in [4.78, 5) is 15.6. The molecule has 0 aliphatic carbocycles. The molecule has 1 amide bonds. The van der Waals surface area contributed by atoms with Crippen molar-refractivity contribution in [2.45, 2.75) is 13.5 Å². The van der Waals surface area contributed by atoms with Gasteiger partial charge in [-0.1, -0.05) is 6.07 Å². The van der Waals surface area contributed by atoms with Gasteiger partial charge in [0.25, 0.3) is 5.91 Å². The molecule has 0 bridgehead atoms. The average molecular weight is 273 g/mol. The second-order valence-electron chi connectivity index (χ2n) is 4.23. The molecule has 1 heterocycles. The highest BCUT2D eigenvalue weighted by Gasteiger charge is 2.07. The van der Waals surface area contributed by atoms with Crippen molar-refractivity contribution in [1.29, 1.82) is 0 Å². The van der Waals surface area contributed by atoms with Gasteiger partial charge in [0.1, 0.15) is 5.75 Å². The standard InChI is InChI=1S/C14H15N3O3/c1-9-5-10(8-15)6-13(16-9)20-12-4-2-3-11(7-12)14(18)17-19/h2-7,19H,8,15H2,1H3,(H,17,18). The SMILES string of the molecule is Cc1cc(CN)cc(Oc2cccc(C(=O)NO)c2)n1. The van der Waals surface area contributed by atoms with Gasteiger partial charge in [-0.25, -0.2) is 10.5 Å². The largest absolute Gasteiger partial charge is 0.439 e. The first-order valence-corrected chi connectivity index (χ1v) is 6.02. The molecule has 2 rings (SSSR count). The van der Waals surface area contributed by atoms with Crippen LogP contribution in [0.4, 0.5) is 0 Å². The number of pyridine rings is 1. The van der Waals surface area contributed by atoms with Gasteiger partial charge in [0.05, 0.1) is 0 Å². The Balaban J connectivity index is 2.26. The average Bonchev–Trinajstić information content (AvgIpc) is 2.46. The number of carbonyl (C=O) groups is 1. The third-order valence-corrected chi connectivity index (χ3v) is 2.65. The summed E-state index contributed by atoms with van der Waals surface area (Å²) < 4.78 is 5.61. The van der Waals surface area contributed by atoms with Crippen LogP contribution >= 0.6 is 0 Å². The molecule has 1 aromatic heterocycles. The second kappa shape index (κ2) is 6.14. The van der Waals surface area contributed by atoms with Crippen LogP contribution in [-0.4, -0.2) is 16.1 Å². The molecule has 0 spiro atoms. The third kappa shape index (κ3) is 3.31. The summed E-state index contributed by atoms with van der Waals surface area (Å²) in [5.74, 6) is 0.259. The Hall–Kier alpha value is -2.44. The summed E-state index contributed by atoms with van der Waals surface area (Å²) in [5.41, 5.74) is 9.17. The lowest BCUT2D eigenvalue weighted by molar-refractivity contribution is 0.0706. The second-order valence-corrected chi connectivity index (χ2v) is 4.23. The number of nitrogens with zero attached hydrogens (tertiary/aromatic N) is 1. The van der Waals surface area contributed by atoms with Gasteiger partial charge >= 0.3 is 0 Å². The van der Waals surface area contributed by atoms with Gasteiger partial charge in [0.2, 0.25) is 5.88 Å². The molecular weight excluding hydrogens is 258 g/mol. The zero-order valence-corrected chi connectivity index (χ0v) is 11.0. The topological polar surface area (TPSA) is 97.5 Å². The van der Waals surface area contributed by atoms with Gasteiger partial charge < -0.3 is 10.5 Å². The summed E-state index contributed by atoms with van der Waals surface area (Å²) in [6.45, 7) is 2.24. The third-order valence-electron chi connectivity index (χ3n) is 2.65. The molecule has 0 radical (unpaired) electrons. The maximum Gasteiger partial charge on any atom is 0.274 e. The first-order chi connectivity index (χ1) is 9.62. The normalized spacial score (nSPS) is 10.2. The summed E-state index contributed by atoms with van der Waals surface area (Å²) in [6, 6.07) is 10.0. The fourth-order valence-corrected chi connectivity index (χ4v) is 1.76. The Kier molecular flexibility index (Phi) is 4.29. The van der Waals surface area contributed by atoms with Crippen LogP contribution in [0.5, 0.6) is 11.6 Å². The molecule has 104 valence electrons. The Morgan fingerprint density at radius 3 is 2.90 bits per heavy atom. The number of carbonyl (C=O) groups excluding carboxylic acids is 1. The van der Waals surface area contributed by atoms with Crippen molar-refractivity contribution in [3.8, 4) is 11.6 Å². The molecule has 4 N–H and O–H groups in total. The number of aromatic nitrogens is 1. The highest BCUT2D eigenvalue weighted by molar-refractivity contribution is 5.93. The number of hydrogen-bond donors (Lipinski definition) is 3. The van der Waals surface area contributed by atoms with Crippen LogP contribution in [-0.2, 0) is 6.54 Å². The minimum atomic E-state index is -0.602. The summed E-state index contributed by atoms with van der Waals surface area (Å²) in [5, 5.41) is 8.61. The van der Waals surface area contributed by atoms with Crippen LogP contribution in [0, 0.1) is 6.92 Å². The predicted octanol–water partition coefficient (Wildman–Crippen LogP) is 1.76. The van der Waals surface area contributed by atoms with Crippen LogP contribution in [0.15, 0.2) is 36.4 Å². The molecule has 6 heteroatoms. The number of hydroxylamine groups is 1. The van der Waals surface area contributed by atoms with Crippen molar-refractivity contribution in [2.24, 2.45) is 5.73 Å². The van der Waals surface area contributed by atoms with Crippen molar-refractivity contribution in [1.82, 2.24) is 10.5 Å². The van der Waals surface area contributed by atoms with Crippen molar-refractivity contribution in [3.05, 3.63) is 53.2 Å². The molecule has 1 aromatic carbocycles. The van der Waals surface area contributed by atoms with E-state index in [2.05, 4.69) is 4.98 Å². The highest BCUT2D eigenvalue weighted by Crippen LogP contribution is 2.22. The number of amides is 1. The molecule has 0 saturated carbocycles. The summed E-state index contributed by atoms with van der Waals surface area (Å²) in [7, 11) is 0. The van der Waals surface area contributed by atoms with Gasteiger partial charge in [0.15, 0.2) is 0 Å².